The highest BCUT2D eigenvalue weighted by atomic mass is 19.1. The van der Waals surface area contributed by atoms with Gasteiger partial charge in [0.05, 0.1) is 19.5 Å². The molecule has 2 atom stereocenters. The smallest absolute Gasteiger partial charge is 0.240 e. The Morgan fingerprint density at radius 1 is 1.15 bits per heavy atom. The first-order valence-corrected chi connectivity index (χ1v) is 11.1. The molecular formula is C24H26F2N6O2. The highest BCUT2D eigenvalue weighted by Crippen LogP contribution is 2.26. The second-order valence-corrected chi connectivity index (χ2v) is 8.81. The van der Waals surface area contributed by atoms with Gasteiger partial charge in [0.15, 0.2) is 5.82 Å². The third kappa shape index (κ3) is 4.95. The maximum atomic E-state index is 14.4. The fraction of sp³-hybridized carbons (Fsp3) is 0.375. The molecule has 10 heteroatoms. The van der Waals surface area contributed by atoms with Gasteiger partial charge >= 0.3 is 0 Å². The highest BCUT2D eigenvalue weighted by Gasteiger charge is 2.39. The van der Waals surface area contributed by atoms with Crippen molar-refractivity contribution in [3.05, 3.63) is 65.2 Å². The largest absolute Gasteiger partial charge is 0.368 e. The third-order valence-corrected chi connectivity index (χ3v) is 6.06. The maximum absolute atomic E-state index is 14.4. The molecule has 3 aromatic rings. The summed E-state index contributed by atoms with van der Waals surface area (Å²) in [6, 6.07) is 11.8. The molecular weight excluding hydrogens is 442 g/mol. The van der Waals surface area contributed by atoms with Crippen LogP contribution in [0.25, 0.3) is 11.1 Å². The topological polar surface area (TPSA) is 107 Å². The fourth-order valence-corrected chi connectivity index (χ4v) is 4.19. The molecule has 8 nitrogen and oxygen atoms in total. The van der Waals surface area contributed by atoms with Gasteiger partial charge in [-0.15, -0.1) is 5.10 Å². The van der Waals surface area contributed by atoms with E-state index in [0.717, 1.165) is 21.6 Å². The van der Waals surface area contributed by atoms with E-state index < -0.39 is 24.0 Å². The standard InChI is InChI=1S/C24H26F2N6O2/c1-14(2)19-8-7-17(9-20(19)26)16-5-3-15(4-6-16)12-32-22(28-29-30-32)11-23(33)31-13-18(25)10-21(31)24(27)34/h3-9,14,18,21H,10-13H2,1-2H3,(H2,27,34). The summed E-state index contributed by atoms with van der Waals surface area (Å²) in [6.45, 7) is 4.04. The monoisotopic (exact) mass is 468 g/mol. The first-order valence-electron chi connectivity index (χ1n) is 11.1. The number of nitrogens with zero attached hydrogens (tertiary/aromatic N) is 5. The van der Waals surface area contributed by atoms with Crippen molar-refractivity contribution in [3.8, 4) is 11.1 Å². The molecule has 0 aliphatic carbocycles. The zero-order valence-corrected chi connectivity index (χ0v) is 19.0. The van der Waals surface area contributed by atoms with Crippen molar-refractivity contribution < 1.29 is 18.4 Å². The van der Waals surface area contributed by atoms with E-state index >= 15 is 0 Å². The number of aromatic nitrogens is 4. The van der Waals surface area contributed by atoms with Gasteiger partial charge in [-0.2, -0.15) is 0 Å². The number of benzene rings is 2. The molecule has 1 saturated heterocycles. The van der Waals surface area contributed by atoms with Gasteiger partial charge in [-0.25, -0.2) is 13.5 Å². The lowest BCUT2D eigenvalue weighted by Gasteiger charge is -2.21. The Hall–Kier alpha value is -3.69. The van der Waals surface area contributed by atoms with Crippen molar-refractivity contribution in [2.45, 2.75) is 51.4 Å². The third-order valence-electron chi connectivity index (χ3n) is 6.06. The first-order chi connectivity index (χ1) is 16.2. The molecule has 0 spiro atoms. The maximum Gasteiger partial charge on any atom is 0.240 e. The number of carbonyl (C=O) groups is 2. The predicted octanol–water partition coefficient (Wildman–Crippen LogP) is 2.62. The Bertz CT molecular complexity index is 1190. The number of nitrogens with two attached hydrogens (primary N) is 1. The number of likely N-dealkylation sites (tertiary alicyclic amines) is 1. The minimum absolute atomic E-state index is 0.0948. The summed E-state index contributed by atoms with van der Waals surface area (Å²) >= 11 is 0. The van der Waals surface area contributed by atoms with Gasteiger partial charge in [0.25, 0.3) is 0 Å². The quantitative estimate of drug-likeness (QED) is 0.574. The molecule has 2 amide bonds. The molecule has 0 saturated carbocycles. The van der Waals surface area contributed by atoms with E-state index in [1.54, 1.807) is 0 Å². The minimum Gasteiger partial charge on any atom is -0.368 e. The molecule has 1 aromatic heterocycles. The van der Waals surface area contributed by atoms with Gasteiger partial charge in [-0.1, -0.05) is 50.2 Å². The second-order valence-electron chi connectivity index (χ2n) is 8.81. The number of hydrogen-bond acceptors (Lipinski definition) is 5. The van der Waals surface area contributed by atoms with E-state index in [1.165, 1.54) is 10.7 Å². The number of hydrogen-bond donors (Lipinski definition) is 1. The zero-order valence-electron chi connectivity index (χ0n) is 19.0. The molecule has 178 valence electrons. The van der Waals surface area contributed by atoms with Crippen LogP contribution >= 0.6 is 0 Å². The number of primary amides is 1. The van der Waals surface area contributed by atoms with Crippen LogP contribution in [-0.2, 0) is 22.6 Å². The van der Waals surface area contributed by atoms with E-state index in [0.29, 0.717) is 17.9 Å². The van der Waals surface area contributed by atoms with Crippen molar-refractivity contribution in [2.75, 3.05) is 6.54 Å². The van der Waals surface area contributed by atoms with E-state index in [2.05, 4.69) is 15.5 Å². The molecule has 1 fully saturated rings. The molecule has 2 N–H and O–H groups in total. The molecule has 1 aliphatic rings. The average molecular weight is 469 g/mol. The Morgan fingerprint density at radius 3 is 2.50 bits per heavy atom. The molecule has 0 radical (unpaired) electrons. The molecule has 0 bridgehead atoms. The number of halogens is 2. The predicted molar refractivity (Wildman–Crippen MR) is 121 cm³/mol. The summed E-state index contributed by atoms with van der Waals surface area (Å²) in [7, 11) is 0. The highest BCUT2D eigenvalue weighted by molar-refractivity contribution is 5.88. The van der Waals surface area contributed by atoms with Gasteiger partial charge in [0, 0.05) is 6.42 Å². The van der Waals surface area contributed by atoms with Gasteiger partial charge in [-0.3, -0.25) is 9.59 Å². The lowest BCUT2D eigenvalue weighted by atomic mass is 9.97. The summed E-state index contributed by atoms with van der Waals surface area (Å²) < 4.78 is 29.6. The Morgan fingerprint density at radius 2 is 1.85 bits per heavy atom. The summed E-state index contributed by atoms with van der Waals surface area (Å²) in [5.74, 6) is -1.00. The van der Waals surface area contributed by atoms with Gasteiger partial charge in [0.1, 0.15) is 18.0 Å². The lowest BCUT2D eigenvalue weighted by molar-refractivity contribution is -0.136. The normalized spacial score (nSPS) is 18.0. The van der Waals surface area contributed by atoms with Crippen LogP contribution in [0.2, 0.25) is 0 Å². The number of carbonyl (C=O) groups excluding carboxylic acids is 2. The molecule has 2 aromatic carbocycles. The summed E-state index contributed by atoms with van der Waals surface area (Å²) in [4.78, 5) is 25.4. The van der Waals surface area contributed by atoms with E-state index in [9.17, 15) is 18.4 Å². The van der Waals surface area contributed by atoms with Crippen LogP contribution < -0.4 is 5.73 Å². The average Bonchev–Trinajstić information content (AvgIpc) is 3.40. The number of tetrazole rings is 1. The molecule has 1 aliphatic heterocycles. The summed E-state index contributed by atoms with van der Waals surface area (Å²) in [5.41, 5.74) is 8.52. The van der Waals surface area contributed by atoms with Crippen molar-refractivity contribution in [2.24, 2.45) is 5.73 Å². The SMILES string of the molecule is CC(C)c1ccc(-c2ccc(Cn3nnnc3CC(=O)N3CC(F)CC3C(N)=O)cc2)cc1F. The molecule has 2 unspecified atom stereocenters. The molecule has 2 heterocycles. The Balaban J connectivity index is 1.45. The Kier molecular flexibility index (Phi) is 6.67. The minimum atomic E-state index is -1.29. The second kappa shape index (κ2) is 9.66. The van der Waals surface area contributed by atoms with E-state index in [1.807, 2.05) is 50.2 Å². The van der Waals surface area contributed by atoms with Crippen LogP contribution in [0.5, 0.6) is 0 Å². The van der Waals surface area contributed by atoms with Crippen molar-refractivity contribution in [1.82, 2.24) is 25.1 Å². The van der Waals surface area contributed by atoms with E-state index in [4.69, 9.17) is 5.73 Å². The number of alkyl halides is 1. The van der Waals surface area contributed by atoms with Gasteiger partial charge < -0.3 is 10.6 Å². The molecule has 4 rings (SSSR count). The lowest BCUT2D eigenvalue weighted by Crippen LogP contribution is -2.44. The van der Waals surface area contributed by atoms with Crippen LogP contribution in [0.3, 0.4) is 0 Å². The number of amides is 2. The van der Waals surface area contributed by atoms with Crippen LogP contribution in [0.15, 0.2) is 42.5 Å². The zero-order chi connectivity index (χ0) is 24.4. The first kappa shape index (κ1) is 23.5. The van der Waals surface area contributed by atoms with E-state index in [-0.39, 0.29) is 31.1 Å². The van der Waals surface area contributed by atoms with Gasteiger partial charge in [0.2, 0.25) is 11.8 Å². The number of rotatable bonds is 7. The van der Waals surface area contributed by atoms with Crippen LogP contribution in [-0.4, -0.2) is 55.7 Å². The summed E-state index contributed by atoms with van der Waals surface area (Å²) in [6.07, 6.45) is -1.56. The fourth-order valence-electron chi connectivity index (χ4n) is 4.19. The van der Waals surface area contributed by atoms with Crippen molar-refractivity contribution in [3.63, 3.8) is 0 Å². The van der Waals surface area contributed by atoms with Crippen LogP contribution in [0, 0.1) is 5.82 Å². The van der Waals surface area contributed by atoms with Crippen molar-refractivity contribution >= 4 is 11.8 Å². The molecule has 34 heavy (non-hydrogen) atoms. The van der Waals surface area contributed by atoms with Gasteiger partial charge in [-0.05, 0) is 44.7 Å². The van der Waals surface area contributed by atoms with Crippen LogP contribution in [0.4, 0.5) is 8.78 Å². The van der Waals surface area contributed by atoms with Crippen molar-refractivity contribution in [1.29, 1.82) is 0 Å². The Labute approximate surface area is 195 Å². The summed E-state index contributed by atoms with van der Waals surface area (Å²) in [5, 5.41) is 11.5. The van der Waals surface area contributed by atoms with Crippen LogP contribution in [0.1, 0.15) is 43.1 Å².